The summed E-state index contributed by atoms with van der Waals surface area (Å²) in [5.41, 5.74) is 0. The highest BCUT2D eigenvalue weighted by Crippen LogP contribution is 2.16. The molecule has 0 heterocycles. The lowest BCUT2D eigenvalue weighted by molar-refractivity contribution is -0.152. The third kappa shape index (κ3) is 38.6. The molecule has 0 radical (unpaired) electrons. The molecule has 0 fully saturated rings. The summed E-state index contributed by atoms with van der Waals surface area (Å²) >= 11 is 0. The van der Waals surface area contributed by atoms with Gasteiger partial charge >= 0.3 is 11.9 Å². The normalized spacial score (nSPS) is 13.9. The van der Waals surface area contributed by atoms with Gasteiger partial charge in [0.25, 0.3) is 0 Å². The van der Waals surface area contributed by atoms with Crippen molar-refractivity contribution in [1.82, 2.24) is 0 Å². The van der Waals surface area contributed by atoms with Crippen molar-refractivity contribution >= 4 is 11.9 Å². The number of unbranched alkanes of at least 4 members (excludes halogenated alkanes) is 15. The maximum Gasteiger partial charge on any atom is 0.305 e. The lowest BCUT2D eigenvalue weighted by atomic mass is 9.99. The third-order valence-electron chi connectivity index (χ3n) is 9.13. The minimum Gasteiger partial charge on any atom is -0.463 e. The first kappa shape index (κ1) is 47.8. The molecule has 0 aromatic heterocycles. The van der Waals surface area contributed by atoms with Crippen LogP contribution in [-0.4, -0.2) is 47.6 Å². The Kier molecular flexibility index (Phi) is 36.4. The zero-order valence-electron chi connectivity index (χ0n) is 32.7. The van der Waals surface area contributed by atoms with Crippen LogP contribution >= 0.6 is 0 Å². The first-order chi connectivity index (χ1) is 24.3. The highest BCUT2D eigenvalue weighted by molar-refractivity contribution is 5.69. The number of esters is 2. The Labute approximate surface area is 308 Å². The average Bonchev–Trinajstić information content (AvgIpc) is 3.10. The topological polar surface area (TPSA) is 93.1 Å². The van der Waals surface area contributed by atoms with Gasteiger partial charge in [0.1, 0.15) is 19.3 Å². The molecule has 0 aliphatic heterocycles. The molecule has 0 rings (SSSR count). The number of hydrogen-bond acceptors (Lipinski definition) is 6. The second kappa shape index (κ2) is 38.1. The summed E-state index contributed by atoms with van der Waals surface area (Å²) < 4.78 is 10.3. The van der Waals surface area contributed by atoms with Crippen molar-refractivity contribution in [2.45, 2.75) is 200 Å². The fourth-order valence-corrected chi connectivity index (χ4v) is 5.60. The molecule has 0 aromatic rings. The largest absolute Gasteiger partial charge is 0.463 e. The summed E-state index contributed by atoms with van der Waals surface area (Å²) in [5.74, 6) is 0.255. The van der Waals surface area contributed by atoms with Gasteiger partial charge in [0.2, 0.25) is 0 Å². The van der Waals surface area contributed by atoms with Crippen LogP contribution in [0, 0.1) is 5.92 Å². The van der Waals surface area contributed by atoms with Crippen molar-refractivity contribution in [1.29, 1.82) is 0 Å². The van der Waals surface area contributed by atoms with E-state index in [1.807, 2.05) is 6.92 Å². The van der Waals surface area contributed by atoms with E-state index in [9.17, 15) is 19.8 Å². The van der Waals surface area contributed by atoms with Gasteiger partial charge in [-0.15, -0.1) is 0 Å². The zero-order chi connectivity index (χ0) is 36.8. The van der Waals surface area contributed by atoms with Crippen LogP contribution in [0.3, 0.4) is 0 Å². The van der Waals surface area contributed by atoms with Crippen molar-refractivity contribution in [2.24, 2.45) is 5.92 Å². The van der Waals surface area contributed by atoms with Gasteiger partial charge in [-0.25, -0.2) is 0 Å². The van der Waals surface area contributed by atoms with Gasteiger partial charge in [-0.2, -0.15) is 0 Å². The van der Waals surface area contributed by atoms with Crippen molar-refractivity contribution in [3.8, 4) is 0 Å². The number of aliphatic hydroxyl groups is 2. The highest BCUT2D eigenvalue weighted by Gasteiger charge is 2.12. The highest BCUT2D eigenvalue weighted by atomic mass is 16.6. The lowest BCUT2D eigenvalue weighted by Crippen LogP contribution is -2.25. The number of carbonyl (C=O) groups is 2. The average molecular weight is 703 g/mol. The number of aliphatic hydroxyl groups excluding tert-OH is 2. The first-order valence-corrected chi connectivity index (χ1v) is 20.6. The molecule has 0 saturated heterocycles. The standard InChI is InChI=1S/C44H78O6/c1-4-40(2)34-30-26-22-18-14-10-8-9-13-17-21-25-29-33-37-44(48)50-39-42(46)38-49-43(47)36-32-28-24-20-16-12-7-5-6-11-15-19-23-27-31-35-41(3)45/h6-7,11-12,19-20,23-24,40-42,45-46H,4-5,8-10,13-18,21-22,25-39H2,1-3H3/b11-6-,12-7-,23-19-,24-20-/t40?,41-,42+/m1/s1. The molecule has 1 unspecified atom stereocenters. The predicted octanol–water partition coefficient (Wildman–Crippen LogP) is 11.8. The van der Waals surface area contributed by atoms with E-state index in [2.05, 4.69) is 62.5 Å². The Bertz CT molecular complexity index is 874. The van der Waals surface area contributed by atoms with E-state index in [0.29, 0.717) is 19.3 Å². The summed E-state index contributed by atoms with van der Waals surface area (Å²) in [6.07, 6.45) is 44.4. The number of allylic oxidation sites excluding steroid dienone is 8. The molecule has 0 spiro atoms. The maximum atomic E-state index is 12.0. The summed E-state index contributed by atoms with van der Waals surface area (Å²) in [6.45, 7) is 6.19. The number of ether oxygens (including phenoxy) is 2. The second-order valence-electron chi connectivity index (χ2n) is 14.3. The van der Waals surface area contributed by atoms with Gasteiger partial charge in [0.05, 0.1) is 6.10 Å². The minimum absolute atomic E-state index is 0.140. The molecule has 290 valence electrons. The molecule has 2 N–H and O–H groups in total. The van der Waals surface area contributed by atoms with Gasteiger partial charge < -0.3 is 19.7 Å². The lowest BCUT2D eigenvalue weighted by Gasteiger charge is -2.12. The molecule has 0 aliphatic rings. The molecular weight excluding hydrogens is 624 g/mol. The van der Waals surface area contributed by atoms with Crippen LogP contribution in [0.2, 0.25) is 0 Å². The SMILES string of the molecule is CCC(C)CCCCCCCCCCCCCCCCC(=O)OC[C@@H](O)COC(=O)CCC/C=C\C/C=C\C/C=C\C/C=C\CCC[C@@H](C)O. The van der Waals surface area contributed by atoms with E-state index >= 15 is 0 Å². The predicted molar refractivity (Wildman–Crippen MR) is 211 cm³/mol. The van der Waals surface area contributed by atoms with Gasteiger partial charge in [-0.05, 0) is 70.6 Å². The maximum absolute atomic E-state index is 12.0. The monoisotopic (exact) mass is 703 g/mol. The van der Waals surface area contributed by atoms with Gasteiger partial charge in [-0.3, -0.25) is 9.59 Å². The molecule has 3 atom stereocenters. The van der Waals surface area contributed by atoms with E-state index in [-0.39, 0.29) is 31.3 Å². The van der Waals surface area contributed by atoms with Crippen molar-refractivity contribution in [2.75, 3.05) is 13.2 Å². The molecule has 50 heavy (non-hydrogen) atoms. The van der Waals surface area contributed by atoms with Gasteiger partial charge in [-0.1, -0.05) is 159 Å². The van der Waals surface area contributed by atoms with E-state index in [0.717, 1.165) is 70.1 Å². The summed E-state index contributed by atoms with van der Waals surface area (Å²) in [7, 11) is 0. The van der Waals surface area contributed by atoms with Gasteiger partial charge in [0, 0.05) is 12.8 Å². The van der Waals surface area contributed by atoms with Crippen LogP contribution in [0.1, 0.15) is 188 Å². The molecular formula is C44H78O6. The van der Waals surface area contributed by atoms with Crippen LogP contribution in [0.4, 0.5) is 0 Å². The molecule has 0 bridgehead atoms. The van der Waals surface area contributed by atoms with E-state index in [1.165, 1.54) is 83.5 Å². The van der Waals surface area contributed by atoms with Crippen molar-refractivity contribution in [3.63, 3.8) is 0 Å². The van der Waals surface area contributed by atoms with Crippen LogP contribution < -0.4 is 0 Å². The van der Waals surface area contributed by atoms with E-state index in [1.54, 1.807) is 0 Å². The summed E-state index contributed by atoms with van der Waals surface area (Å²) in [6, 6.07) is 0. The third-order valence-corrected chi connectivity index (χ3v) is 9.13. The Morgan fingerprint density at radius 2 is 0.880 bits per heavy atom. The minimum atomic E-state index is -0.994. The molecule has 0 aromatic carbocycles. The van der Waals surface area contributed by atoms with Crippen molar-refractivity contribution in [3.05, 3.63) is 48.6 Å². The number of hydrogen-bond donors (Lipinski definition) is 2. The van der Waals surface area contributed by atoms with Crippen LogP contribution in [0.15, 0.2) is 48.6 Å². The van der Waals surface area contributed by atoms with E-state index < -0.39 is 6.10 Å². The van der Waals surface area contributed by atoms with Crippen LogP contribution in [-0.2, 0) is 19.1 Å². The van der Waals surface area contributed by atoms with Crippen LogP contribution in [0.25, 0.3) is 0 Å². The second-order valence-corrected chi connectivity index (χ2v) is 14.3. The zero-order valence-corrected chi connectivity index (χ0v) is 32.7. The Morgan fingerprint density at radius 1 is 0.500 bits per heavy atom. The van der Waals surface area contributed by atoms with Crippen molar-refractivity contribution < 1.29 is 29.3 Å². The quantitative estimate of drug-likeness (QED) is 0.0383. The molecule has 6 nitrogen and oxygen atoms in total. The van der Waals surface area contributed by atoms with E-state index in [4.69, 9.17) is 9.47 Å². The fourth-order valence-electron chi connectivity index (χ4n) is 5.60. The smallest absolute Gasteiger partial charge is 0.305 e. The van der Waals surface area contributed by atoms with Gasteiger partial charge in [0.15, 0.2) is 0 Å². The molecule has 0 saturated carbocycles. The molecule has 0 amide bonds. The number of carbonyl (C=O) groups excluding carboxylic acids is 2. The summed E-state index contributed by atoms with van der Waals surface area (Å²) in [5, 5.41) is 19.3. The fraction of sp³-hybridized carbons (Fsp3) is 0.773. The Hall–Kier alpha value is -2.18. The Morgan fingerprint density at radius 3 is 1.32 bits per heavy atom. The van der Waals surface area contributed by atoms with Crippen LogP contribution in [0.5, 0.6) is 0 Å². The first-order valence-electron chi connectivity index (χ1n) is 20.6. The molecule has 0 aliphatic carbocycles. The number of rotatable bonds is 36. The summed E-state index contributed by atoms with van der Waals surface area (Å²) in [4.78, 5) is 23.9. The Balaban J connectivity index is 3.52. The molecule has 6 heteroatoms.